The fourth-order valence-corrected chi connectivity index (χ4v) is 2.70. The van der Waals surface area contributed by atoms with Gasteiger partial charge in [0.15, 0.2) is 5.96 Å². The van der Waals surface area contributed by atoms with E-state index in [-0.39, 0.29) is 0 Å². The summed E-state index contributed by atoms with van der Waals surface area (Å²) in [4.78, 5) is 8.55. The summed E-state index contributed by atoms with van der Waals surface area (Å²) in [5, 5.41) is 6.59. The molecule has 28 heavy (non-hydrogen) atoms. The van der Waals surface area contributed by atoms with Crippen LogP contribution in [-0.4, -0.2) is 18.0 Å². The molecule has 0 amide bonds. The smallest absolute Gasteiger partial charge is 0.191 e. The van der Waals surface area contributed by atoms with Gasteiger partial charge in [-0.2, -0.15) is 0 Å². The van der Waals surface area contributed by atoms with Gasteiger partial charge in [0.1, 0.15) is 0 Å². The van der Waals surface area contributed by atoms with Gasteiger partial charge in [-0.25, -0.2) is 0 Å². The van der Waals surface area contributed by atoms with E-state index < -0.39 is 0 Å². The van der Waals surface area contributed by atoms with Crippen molar-refractivity contribution < 1.29 is 4.74 Å². The Kier molecular flexibility index (Phi) is 7.58. The monoisotopic (exact) mass is 374 g/mol. The minimum absolute atomic E-state index is 0.607. The first-order valence-corrected chi connectivity index (χ1v) is 9.37. The zero-order chi connectivity index (χ0) is 19.4. The van der Waals surface area contributed by atoms with Crippen LogP contribution in [0, 0.1) is 0 Å². The predicted molar refractivity (Wildman–Crippen MR) is 113 cm³/mol. The standard InChI is InChI=1S/C23H26N4O/c1-24-23(27-16-22-9-5-6-14-25-22)26-15-19-10-12-21(13-11-19)18-28-17-20-7-3-2-4-8-20/h2-14H,15-18H2,1H3,(H2,24,26,27). The van der Waals surface area contributed by atoms with Crippen molar-refractivity contribution in [3.8, 4) is 0 Å². The van der Waals surface area contributed by atoms with E-state index >= 15 is 0 Å². The first kappa shape index (κ1) is 19.6. The molecule has 0 saturated heterocycles. The number of guanidine groups is 1. The molecular weight excluding hydrogens is 348 g/mol. The third kappa shape index (κ3) is 6.52. The minimum Gasteiger partial charge on any atom is -0.372 e. The lowest BCUT2D eigenvalue weighted by atomic mass is 10.1. The molecule has 3 aromatic rings. The topological polar surface area (TPSA) is 58.5 Å². The predicted octanol–water partition coefficient (Wildman–Crippen LogP) is 3.66. The highest BCUT2D eigenvalue weighted by Crippen LogP contribution is 2.08. The molecule has 0 spiro atoms. The fourth-order valence-electron chi connectivity index (χ4n) is 2.70. The molecule has 0 aliphatic heterocycles. The third-order valence-corrected chi connectivity index (χ3v) is 4.25. The van der Waals surface area contributed by atoms with E-state index in [1.807, 2.05) is 36.4 Å². The lowest BCUT2D eigenvalue weighted by molar-refractivity contribution is 0.107. The van der Waals surface area contributed by atoms with Crippen molar-refractivity contribution in [2.24, 2.45) is 4.99 Å². The number of aromatic nitrogens is 1. The number of nitrogens with zero attached hydrogens (tertiary/aromatic N) is 2. The van der Waals surface area contributed by atoms with Crippen molar-refractivity contribution in [3.63, 3.8) is 0 Å². The van der Waals surface area contributed by atoms with Crippen LogP contribution in [0.15, 0.2) is 84.0 Å². The molecule has 144 valence electrons. The number of aliphatic imine (C=N–C) groups is 1. The molecule has 0 atom stereocenters. The van der Waals surface area contributed by atoms with Crippen LogP contribution in [0.3, 0.4) is 0 Å². The Bertz CT molecular complexity index is 849. The molecule has 3 rings (SSSR count). The number of benzene rings is 2. The molecule has 0 aliphatic rings. The Labute approximate surface area is 166 Å². The number of nitrogens with one attached hydrogen (secondary N) is 2. The Balaban J connectivity index is 1.40. The summed E-state index contributed by atoms with van der Waals surface area (Å²) in [6.45, 7) is 2.57. The first-order valence-electron chi connectivity index (χ1n) is 9.37. The molecule has 0 fully saturated rings. The fraction of sp³-hybridized carbons (Fsp3) is 0.217. The van der Waals surface area contributed by atoms with Crippen molar-refractivity contribution in [1.29, 1.82) is 0 Å². The maximum atomic E-state index is 5.78. The van der Waals surface area contributed by atoms with Gasteiger partial charge in [0.05, 0.1) is 25.5 Å². The summed E-state index contributed by atoms with van der Waals surface area (Å²) in [5.74, 6) is 0.751. The summed E-state index contributed by atoms with van der Waals surface area (Å²) in [6.07, 6.45) is 1.79. The molecule has 0 unspecified atom stereocenters. The number of hydrogen-bond donors (Lipinski definition) is 2. The zero-order valence-electron chi connectivity index (χ0n) is 16.1. The van der Waals surface area contributed by atoms with Crippen LogP contribution in [-0.2, 0) is 31.0 Å². The van der Waals surface area contributed by atoms with E-state index in [1.165, 1.54) is 11.1 Å². The van der Waals surface area contributed by atoms with Crippen LogP contribution < -0.4 is 10.6 Å². The van der Waals surface area contributed by atoms with Crippen LogP contribution in [0.25, 0.3) is 0 Å². The number of pyridine rings is 1. The van der Waals surface area contributed by atoms with Crippen molar-refractivity contribution in [1.82, 2.24) is 15.6 Å². The van der Waals surface area contributed by atoms with Gasteiger partial charge in [0, 0.05) is 19.8 Å². The molecule has 5 nitrogen and oxygen atoms in total. The van der Waals surface area contributed by atoms with E-state index in [0.717, 1.165) is 17.2 Å². The quantitative estimate of drug-likeness (QED) is 0.467. The van der Waals surface area contributed by atoms with Crippen LogP contribution in [0.5, 0.6) is 0 Å². The van der Waals surface area contributed by atoms with Gasteiger partial charge in [0.25, 0.3) is 0 Å². The second-order valence-corrected chi connectivity index (χ2v) is 6.40. The first-order chi connectivity index (χ1) is 13.8. The number of rotatable bonds is 8. The van der Waals surface area contributed by atoms with Gasteiger partial charge >= 0.3 is 0 Å². The Morgan fingerprint density at radius 3 is 2.11 bits per heavy atom. The zero-order valence-corrected chi connectivity index (χ0v) is 16.1. The van der Waals surface area contributed by atoms with Gasteiger partial charge in [-0.15, -0.1) is 0 Å². The van der Waals surface area contributed by atoms with Crippen LogP contribution in [0.4, 0.5) is 0 Å². The van der Waals surface area contributed by atoms with Crippen molar-refractivity contribution >= 4 is 5.96 Å². The van der Waals surface area contributed by atoms with E-state index in [2.05, 4.69) is 57.0 Å². The molecule has 0 bridgehead atoms. The number of hydrogen-bond acceptors (Lipinski definition) is 3. The van der Waals surface area contributed by atoms with E-state index in [1.54, 1.807) is 13.2 Å². The Morgan fingerprint density at radius 1 is 0.786 bits per heavy atom. The lowest BCUT2D eigenvalue weighted by Crippen LogP contribution is -2.36. The van der Waals surface area contributed by atoms with E-state index in [9.17, 15) is 0 Å². The molecule has 0 radical (unpaired) electrons. The highest BCUT2D eigenvalue weighted by atomic mass is 16.5. The van der Waals surface area contributed by atoms with Crippen molar-refractivity contribution in [3.05, 3.63) is 101 Å². The van der Waals surface area contributed by atoms with Gasteiger partial charge in [-0.05, 0) is 28.8 Å². The SMILES string of the molecule is CN=C(NCc1ccc(COCc2ccccc2)cc1)NCc1ccccn1. The summed E-state index contributed by atoms with van der Waals surface area (Å²) in [5.41, 5.74) is 4.52. The third-order valence-electron chi connectivity index (χ3n) is 4.25. The number of ether oxygens (including phenoxy) is 1. The molecular formula is C23H26N4O. The molecule has 2 N–H and O–H groups in total. The summed E-state index contributed by atoms with van der Waals surface area (Å²) in [7, 11) is 1.76. The maximum absolute atomic E-state index is 5.78. The molecule has 2 aromatic carbocycles. The van der Waals surface area contributed by atoms with Gasteiger partial charge < -0.3 is 15.4 Å². The Hall–Kier alpha value is -3.18. The minimum atomic E-state index is 0.607. The normalized spacial score (nSPS) is 11.2. The van der Waals surface area contributed by atoms with Gasteiger partial charge in [-0.3, -0.25) is 9.98 Å². The highest BCUT2D eigenvalue weighted by molar-refractivity contribution is 5.79. The molecule has 0 saturated carbocycles. The lowest BCUT2D eigenvalue weighted by Gasteiger charge is -2.12. The second-order valence-electron chi connectivity index (χ2n) is 6.40. The average Bonchev–Trinajstić information content (AvgIpc) is 2.76. The van der Waals surface area contributed by atoms with Crippen molar-refractivity contribution in [2.75, 3.05) is 7.05 Å². The van der Waals surface area contributed by atoms with Crippen molar-refractivity contribution in [2.45, 2.75) is 26.3 Å². The summed E-state index contributed by atoms with van der Waals surface area (Å²) < 4.78 is 5.78. The van der Waals surface area contributed by atoms with Crippen LogP contribution in [0.2, 0.25) is 0 Å². The molecule has 1 aromatic heterocycles. The summed E-state index contributed by atoms with van der Waals surface area (Å²) in [6, 6.07) is 24.5. The van der Waals surface area contributed by atoms with Crippen LogP contribution >= 0.6 is 0 Å². The average molecular weight is 374 g/mol. The molecule has 1 heterocycles. The Morgan fingerprint density at radius 2 is 1.43 bits per heavy atom. The highest BCUT2D eigenvalue weighted by Gasteiger charge is 2.01. The maximum Gasteiger partial charge on any atom is 0.191 e. The summed E-state index contributed by atoms with van der Waals surface area (Å²) >= 11 is 0. The van der Waals surface area contributed by atoms with Gasteiger partial charge in [0.2, 0.25) is 0 Å². The molecule has 5 heteroatoms. The largest absolute Gasteiger partial charge is 0.372 e. The van der Waals surface area contributed by atoms with E-state index in [4.69, 9.17) is 4.74 Å². The molecule has 0 aliphatic carbocycles. The van der Waals surface area contributed by atoms with E-state index in [0.29, 0.717) is 26.3 Å². The van der Waals surface area contributed by atoms with Gasteiger partial charge in [-0.1, -0.05) is 60.7 Å². The second kappa shape index (κ2) is 10.8. The van der Waals surface area contributed by atoms with Crippen LogP contribution in [0.1, 0.15) is 22.4 Å².